The van der Waals surface area contributed by atoms with Crippen LogP contribution >= 0.6 is 0 Å². The van der Waals surface area contributed by atoms with Crippen LogP contribution in [-0.4, -0.2) is 38.1 Å². The minimum Gasteiger partial charge on any atom is -0.493 e. The van der Waals surface area contributed by atoms with E-state index in [1.807, 2.05) is 30.5 Å². The van der Waals surface area contributed by atoms with E-state index in [4.69, 9.17) is 23.7 Å². The number of fused-ring (bicyclic) bond motifs is 2. The summed E-state index contributed by atoms with van der Waals surface area (Å²) in [5.41, 5.74) is 2.40. The number of para-hydroxylation sites is 1. The quantitative estimate of drug-likeness (QED) is 0.239. The first-order chi connectivity index (χ1) is 17.0. The number of carbonyl (C=O) groups excluding carboxylic acids is 2. The molecule has 0 saturated carbocycles. The van der Waals surface area contributed by atoms with Crippen LogP contribution in [0.25, 0.3) is 17.0 Å². The summed E-state index contributed by atoms with van der Waals surface area (Å²) in [5.74, 6) is 0.877. The van der Waals surface area contributed by atoms with E-state index in [0.717, 1.165) is 16.5 Å². The third-order valence-electron chi connectivity index (χ3n) is 5.66. The third kappa shape index (κ3) is 3.95. The molecular formula is C27H21NO7. The lowest BCUT2D eigenvalue weighted by Crippen LogP contribution is -2.09. The number of H-pyrrole nitrogens is 1. The zero-order chi connectivity index (χ0) is 24.5. The molecule has 0 fully saturated rings. The van der Waals surface area contributed by atoms with Gasteiger partial charge in [0.2, 0.25) is 11.5 Å². The Morgan fingerprint density at radius 2 is 1.69 bits per heavy atom. The molecule has 0 atom stereocenters. The van der Waals surface area contributed by atoms with Gasteiger partial charge in [0.1, 0.15) is 11.5 Å². The van der Waals surface area contributed by atoms with Gasteiger partial charge in [-0.2, -0.15) is 0 Å². The van der Waals surface area contributed by atoms with Crippen molar-refractivity contribution in [3.63, 3.8) is 0 Å². The number of ether oxygens (including phenoxy) is 5. The molecule has 35 heavy (non-hydrogen) atoms. The predicted molar refractivity (Wildman–Crippen MR) is 129 cm³/mol. The van der Waals surface area contributed by atoms with Crippen LogP contribution < -0.4 is 23.7 Å². The van der Waals surface area contributed by atoms with Crippen LogP contribution in [0.3, 0.4) is 0 Å². The molecule has 2 heterocycles. The maximum Gasteiger partial charge on any atom is 0.343 e. The first kappa shape index (κ1) is 22.1. The Labute approximate surface area is 200 Å². The van der Waals surface area contributed by atoms with Gasteiger partial charge >= 0.3 is 5.97 Å². The van der Waals surface area contributed by atoms with Gasteiger partial charge in [0.05, 0.1) is 32.5 Å². The molecule has 0 saturated heterocycles. The Hall–Kier alpha value is -4.72. The van der Waals surface area contributed by atoms with Gasteiger partial charge in [-0.05, 0) is 36.4 Å². The van der Waals surface area contributed by atoms with Crippen LogP contribution in [-0.2, 0) is 0 Å². The lowest BCUT2D eigenvalue weighted by atomic mass is 10.1. The summed E-state index contributed by atoms with van der Waals surface area (Å²) in [5, 5.41) is 0.979. The van der Waals surface area contributed by atoms with Gasteiger partial charge in [0.25, 0.3) is 0 Å². The average molecular weight is 471 g/mol. The van der Waals surface area contributed by atoms with Gasteiger partial charge in [-0.3, -0.25) is 4.79 Å². The number of rotatable bonds is 6. The number of nitrogens with one attached hydrogen (secondary N) is 1. The van der Waals surface area contributed by atoms with Gasteiger partial charge < -0.3 is 28.7 Å². The monoisotopic (exact) mass is 471 g/mol. The van der Waals surface area contributed by atoms with Crippen molar-refractivity contribution in [2.75, 3.05) is 21.3 Å². The number of ketones is 1. The summed E-state index contributed by atoms with van der Waals surface area (Å²) in [7, 11) is 4.40. The standard InChI is InChI=1S/C27H21NO7/c1-31-23-10-15(11-24(32-2)26(23)33-3)27(30)34-17-8-9-19-21(13-17)35-22(25(19)29)12-16-14-28-20-7-5-4-6-18(16)20/h4-14,28H,1-3H3. The third-order valence-corrected chi connectivity index (χ3v) is 5.66. The summed E-state index contributed by atoms with van der Waals surface area (Å²) in [6.07, 6.45) is 3.52. The van der Waals surface area contributed by atoms with Gasteiger partial charge in [-0.1, -0.05) is 18.2 Å². The first-order valence-corrected chi connectivity index (χ1v) is 10.7. The van der Waals surface area contributed by atoms with E-state index in [2.05, 4.69) is 4.98 Å². The van der Waals surface area contributed by atoms with E-state index in [0.29, 0.717) is 28.6 Å². The second-order valence-electron chi connectivity index (χ2n) is 7.69. The Morgan fingerprint density at radius 3 is 2.40 bits per heavy atom. The number of aromatic nitrogens is 1. The highest BCUT2D eigenvalue weighted by Crippen LogP contribution is 2.39. The van der Waals surface area contributed by atoms with Crippen molar-refractivity contribution in [3.8, 4) is 28.7 Å². The molecule has 8 heteroatoms. The van der Waals surface area contributed by atoms with Crippen LogP contribution in [0.2, 0.25) is 0 Å². The molecular weight excluding hydrogens is 450 g/mol. The predicted octanol–water partition coefficient (Wildman–Crippen LogP) is 5.03. The SMILES string of the molecule is COc1cc(C(=O)Oc2ccc3c(c2)OC(=Cc2c[nH]c4ccccc24)C3=O)cc(OC)c1OC. The zero-order valence-corrected chi connectivity index (χ0v) is 19.2. The zero-order valence-electron chi connectivity index (χ0n) is 19.2. The summed E-state index contributed by atoms with van der Waals surface area (Å²) in [6, 6.07) is 15.4. The molecule has 1 aliphatic heterocycles. The molecule has 8 nitrogen and oxygen atoms in total. The van der Waals surface area contributed by atoms with E-state index in [1.165, 1.54) is 39.5 Å². The molecule has 176 valence electrons. The van der Waals surface area contributed by atoms with E-state index in [1.54, 1.807) is 18.2 Å². The smallest absolute Gasteiger partial charge is 0.343 e. The maximum atomic E-state index is 12.9. The highest BCUT2D eigenvalue weighted by Gasteiger charge is 2.28. The fourth-order valence-electron chi connectivity index (χ4n) is 3.95. The van der Waals surface area contributed by atoms with Crippen LogP contribution in [0.15, 0.2) is 66.6 Å². The molecule has 4 aromatic rings. The second kappa shape index (κ2) is 8.90. The molecule has 5 rings (SSSR count). The number of esters is 1. The lowest BCUT2D eigenvalue weighted by molar-refractivity contribution is 0.0733. The molecule has 1 aromatic heterocycles. The molecule has 0 unspecified atom stereocenters. The number of benzene rings is 3. The number of hydrogen-bond donors (Lipinski definition) is 1. The fraction of sp³-hybridized carbons (Fsp3) is 0.111. The van der Waals surface area contributed by atoms with Crippen LogP contribution in [0, 0.1) is 0 Å². The summed E-state index contributed by atoms with van der Waals surface area (Å²) < 4.78 is 27.2. The van der Waals surface area contributed by atoms with E-state index in [9.17, 15) is 9.59 Å². The normalized spacial score (nSPS) is 13.5. The van der Waals surface area contributed by atoms with E-state index < -0.39 is 5.97 Å². The summed E-state index contributed by atoms with van der Waals surface area (Å²) in [4.78, 5) is 28.9. The van der Waals surface area contributed by atoms with Crippen LogP contribution in [0.1, 0.15) is 26.3 Å². The molecule has 0 aliphatic carbocycles. The highest BCUT2D eigenvalue weighted by molar-refractivity contribution is 6.15. The molecule has 1 N–H and O–H groups in total. The largest absolute Gasteiger partial charge is 0.493 e. The topological polar surface area (TPSA) is 96.1 Å². The van der Waals surface area contributed by atoms with Crippen LogP contribution in [0.4, 0.5) is 0 Å². The number of methoxy groups -OCH3 is 3. The average Bonchev–Trinajstić information content (AvgIpc) is 3.43. The minimum atomic E-state index is -0.636. The Balaban J connectivity index is 1.39. The number of carbonyl (C=O) groups is 2. The molecule has 1 aliphatic rings. The van der Waals surface area contributed by atoms with Gasteiger partial charge in [-0.15, -0.1) is 0 Å². The number of allylic oxidation sites excluding steroid dienone is 1. The van der Waals surface area contributed by atoms with Crippen molar-refractivity contribution in [1.29, 1.82) is 0 Å². The van der Waals surface area contributed by atoms with E-state index >= 15 is 0 Å². The maximum absolute atomic E-state index is 12.9. The molecule has 0 bridgehead atoms. The fourth-order valence-corrected chi connectivity index (χ4v) is 3.95. The second-order valence-corrected chi connectivity index (χ2v) is 7.69. The number of aromatic amines is 1. The first-order valence-electron chi connectivity index (χ1n) is 10.7. The van der Waals surface area contributed by atoms with Crippen molar-refractivity contribution < 1.29 is 33.3 Å². The van der Waals surface area contributed by atoms with Crippen molar-refractivity contribution in [2.45, 2.75) is 0 Å². The molecule has 0 spiro atoms. The summed E-state index contributed by atoms with van der Waals surface area (Å²) >= 11 is 0. The summed E-state index contributed by atoms with van der Waals surface area (Å²) in [6.45, 7) is 0. The van der Waals surface area contributed by atoms with E-state index in [-0.39, 0.29) is 22.9 Å². The highest BCUT2D eigenvalue weighted by atomic mass is 16.5. The van der Waals surface area contributed by atoms with Crippen molar-refractivity contribution in [3.05, 3.63) is 83.2 Å². The van der Waals surface area contributed by atoms with Crippen molar-refractivity contribution in [1.82, 2.24) is 4.98 Å². The number of hydrogen-bond acceptors (Lipinski definition) is 7. The Bertz CT molecular complexity index is 1470. The van der Waals surface area contributed by atoms with Crippen LogP contribution in [0.5, 0.6) is 28.7 Å². The van der Waals surface area contributed by atoms with Gasteiger partial charge in [0, 0.05) is 28.7 Å². The molecule has 0 amide bonds. The minimum absolute atomic E-state index is 0.192. The number of Topliss-reactive ketones (excluding diaryl/α,β-unsaturated/α-hetero) is 1. The molecule has 0 radical (unpaired) electrons. The van der Waals surface area contributed by atoms with Gasteiger partial charge in [0.15, 0.2) is 17.3 Å². The Morgan fingerprint density at radius 1 is 0.943 bits per heavy atom. The Kier molecular flexibility index (Phi) is 5.62. The lowest BCUT2D eigenvalue weighted by Gasteiger charge is -2.13. The van der Waals surface area contributed by atoms with Crippen molar-refractivity contribution in [2.24, 2.45) is 0 Å². The van der Waals surface area contributed by atoms with Crippen molar-refractivity contribution >= 4 is 28.7 Å². The van der Waals surface area contributed by atoms with Gasteiger partial charge in [-0.25, -0.2) is 4.79 Å². The molecule has 3 aromatic carbocycles.